The molecule has 16 heavy (non-hydrogen) atoms. The van der Waals surface area contributed by atoms with E-state index in [-0.39, 0.29) is 6.10 Å². The number of carbonyl (C=O) groups is 1. The number of amides is 1. The van der Waals surface area contributed by atoms with Gasteiger partial charge in [-0.25, -0.2) is 4.79 Å². The van der Waals surface area contributed by atoms with E-state index in [2.05, 4.69) is 13.8 Å². The summed E-state index contributed by atoms with van der Waals surface area (Å²) in [7, 11) is 0. The monoisotopic (exact) mass is 233 g/mol. The van der Waals surface area contributed by atoms with Crippen LogP contribution < -0.4 is 5.48 Å². The fourth-order valence-electron chi connectivity index (χ4n) is 1.16. The van der Waals surface area contributed by atoms with Gasteiger partial charge in [0, 0.05) is 0 Å². The Morgan fingerprint density at radius 3 is 2.00 bits per heavy atom. The molecule has 0 aromatic rings. The molecule has 1 amide bonds. The van der Waals surface area contributed by atoms with Gasteiger partial charge in [-0.1, -0.05) is 53.4 Å². The third-order valence-electron chi connectivity index (χ3n) is 2.09. The van der Waals surface area contributed by atoms with Crippen molar-refractivity contribution in [1.29, 1.82) is 0 Å². The van der Waals surface area contributed by atoms with Gasteiger partial charge in [0.25, 0.3) is 0 Å². The summed E-state index contributed by atoms with van der Waals surface area (Å²) in [5.41, 5.74) is 1.90. The van der Waals surface area contributed by atoms with Gasteiger partial charge < -0.3 is 5.11 Å². The number of unbranched alkanes of at least 4 members (excludes halogenated alkanes) is 2. The van der Waals surface area contributed by atoms with Crippen molar-refractivity contribution in [3.8, 4) is 0 Å². The molecule has 4 nitrogen and oxygen atoms in total. The first kappa shape index (κ1) is 17.6. The molecule has 0 fully saturated rings. The van der Waals surface area contributed by atoms with E-state index in [0.717, 1.165) is 19.3 Å². The van der Waals surface area contributed by atoms with Crippen molar-refractivity contribution >= 4 is 6.09 Å². The predicted molar refractivity (Wildman–Crippen MR) is 66.4 cm³/mol. The van der Waals surface area contributed by atoms with Crippen LogP contribution in [-0.4, -0.2) is 17.3 Å². The molecule has 4 heteroatoms. The number of nitrogens with one attached hydrogen (secondary N) is 1. The van der Waals surface area contributed by atoms with Crippen LogP contribution in [-0.2, 0) is 4.84 Å². The van der Waals surface area contributed by atoms with Gasteiger partial charge in [0.1, 0.15) is 0 Å². The smallest absolute Gasteiger partial charge is 0.428 e. The molecule has 1 atom stereocenters. The highest BCUT2D eigenvalue weighted by atomic mass is 16.7. The zero-order valence-corrected chi connectivity index (χ0v) is 11.1. The molecule has 0 saturated carbocycles. The fourth-order valence-corrected chi connectivity index (χ4v) is 1.16. The number of hydrogen-bond acceptors (Lipinski definition) is 2. The molecule has 1 unspecified atom stereocenters. The lowest BCUT2D eigenvalue weighted by Gasteiger charge is -2.12. The molecule has 0 saturated heterocycles. The third kappa shape index (κ3) is 15.7. The van der Waals surface area contributed by atoms with Crippen LogP contribution in [0, 0.1) is 0 Å². The number of carboxylic acid groups (broad SMARTS) is 1. The molecule has 0 aliphatic carbocycles. The lowest BCUT2D eigenvalue weighted by Crippen LogP contribution is -2.27. The van der Waals surface area contributed by atoms with E-state index in [4.69, 9.17) is 9.94 Å². The molecule has 0 radical (unpaired) electrons. The largest absolute Gasteiger partial charge is 0.464 e. The molecule has 0 aliphatic rings. The zero-order valence-electron chi connectivity index (χ0n) is 11.1. The summed E-state index contributed by atoms with van der Waals surface area (Å²) in [6, 6.07) is 0. The van der Waals surface area contributed by atoms with Crippen molar-refractivity contribution < 1.29 is 14.7 Å². The highest BCUT2D eigenvalue weighted by Crippen LogP contribution is 2.03. The summed E-state index contributed by atoms with van der Waals surface area (Å²) in [4.78, 5) is 14.8. The van der Waals surface area contributed by atoms with Crippen molar-refractivity contribution in [1.82, 2.24) is 5.48 Å². The van der Waals surface area contributed by atoms with E-state index in [9.17, 15) is 4.79 Å². The number of rotatable bonds is 7. The number of hydrogen-bond donors (Lipinski definition) is 2. The molecular formula is C12H27NO3. The van der Waals surface area contributed by atoms with Gasteiger partial charge in [0.05, 0.1) is 6.10 Å². The zero-order chi connectivity index (χ0) is 12.8. The molecule has 0 spiro atoms. The van der Waals surface area contributed by atoms with E-state index >= 15 is 0 Å². The molecule has 0 aromatic carbocycles. The lowest BCUT2D eigenvalue weighted by atomic mass is 10.2. The Bertz CT molecular complexity index is 149. The Morgan fingerprint density at radius 1 is 1.19 bits per heavy atom. The molecule has 0 aromatic heterocycles. The lowest BCUT2D eigenvalue weighted by molar-refractivity contribution is -0.0216. The Kier molecular flexibility index (Phi) is 15.7. The fraction of sp³-hybridized carbons (Fsp3) is 0.917. The quantitative estimate of drug-likeness (QED) is 0.654. The summed E-state index contributed by atoms with van der Waals surface area (Å²) in [6.07, 6.45) is 5.66. The molecule has 0 rings (SSSR count). The van der Waals surface area contributed by atoms with E-state index in [1.54, 1.807) is 0 Å². The normalized spacial score (nSPS) is 11.2. The van der Waals surface area contributed by atoms with Gasteiger partial charge in [-0.15, -0.1) is 0 Å². The average molecular weight is 233 g/mol. The van der Waals surface area contributed by atoms with Gasteiger partial charge >= 0.3 is 6.09 Å². The topological polar surface area (TPSA) is 58.6 Å². The van der Waals surface area contributed by atoms with Crippen LogP contribution in [0.1, 0.15) is 66.2 Å². The summed E-state index contributed by atoms with van der Waals surface area (Å²) in [5.74, 6) is 0. The van der Waals surface area contributed by atoms with E-state index in [1.807, 2.05) is 19.3 Å². The number of hydroxylamine groups is 1. The highest BCUT2D eigenvalue weighted by molar-refractivity contribution is 5.62. The van der Waals surface area contributed by atoms with Crippen molar-refractivity contribution in [2.24, 2.45) is 0 Å². The van der Waals surface area contributed by atoms with Crippen LogP contribution in [0.2, 0.25) is 0 Å². The predicted octanol–water partition coefficient (Wildman–Crippen LogP) is 3.96. The molecule has 0 aliphatic heterocycles. The standard InChI is InChI=1S/C7H15NO3.C5H12/c1-3-5-6(4-2)11-8-7(9)10;1-3-5-4-2/h6,8H,3-5H2,1-2H3,(H,9,10);3-5H2,1-2H3. The van der Waals surface area contributed by atoms with Crippen LogP contribution in [0.3, 0.4) is 0 Å². The minimum Gasteiger partial charge on any atom is -0.464 e. The second-order valence-electron chi connectivity index (χ2n) is 3.70. The van der Waals surface area contributed by atoms with E-state index in [1.165, 1.54) is 19.3 Å². The maximum Gasteiger partial charge on any atom is 0.428 e. The second-order valence-corrected chi connectivity index (χ2v) is 3.70. The Hall–Kier alpha value is -0.770. The molecule has 98 valence electrons. The Balaban J connectivity index is 0. The highest BCUT2D eigenvalue weighted by Gasteiger charge is 2.06. The van der Waals surface area contributed by atoms with Crippen LogP contribution >= 0.6 is 0 Å². The van der Waals surface area contributed by atoms with Gasteiger partial charge in [-0.05, 0) is 12.8 Å². The average Bonchev–Trinajstić information content (AvgIpc) is 2.26. The van der Waals surface area contributed by atoms with E-state index < -0.39 is 6.09 Å². The summed E-state index contributed by atoms with van der Waals surface area (Å²) >= 11 is 0. The molecule has 0 heterocycles. The van der Waals surface area contributed by atoms with Crippen molar-refractivity contribution in [2.75, 3.05) is 0 Å². The Morgan fingerprint density at radius 2 is 1.75 bits per heavy atom. The third-order valence-corrected chi connectivity index (χ3v) is 2.09. The summed E-state index contributed by atoms with van der Waals surface area (Å²) in [5, 5.41) is 8.19. The first-order valence-electron chi connectivity index (χ1n) is 6.26. The van der Waals surface area contributed by atoms with Gasteiger partial charge in [-0.2, -0.15) is 5.48 Å². The van der Waals surface area contributed by atoms with E-state index in [0.29, 0.717) is 0 Å². The maximum atomic E-state index is 9.99. The van der Waals surface area contributed by atoms with Crippen molar-refractivity contribution in [3.05, 3.63) is 0 Å². The van der Waals surface area contributed by atoms with Crippen LogP contribution in [0.15, 0.2) is 0 Å². The van der Waals surface area contributed by atoms with Crippen LogP contribution in [0.5, 0.6) is 0 Å². The van der Waals surface area contributed by atoms with Gasteiger partial charge in [0.15, 0.2) is 0 Å². The van der Waals surface area contributed by atoms with Gasteiger partial charge in [-0.3, -0.25) is 4.84 Å². The van der Waals surface area contributed by atoms with Crippen LogP contribution in [0.4, 0.5) is 4.79 Å². The SMILES string of the molecule is CCCC(CC)ONC(=O)O.CCCCC. The first-order valence-corrected chi connectivity index (χ1v) is 6.26. The molecule has 0 bridgehead atoms. The van der Waals surface area contributed by atoms with Gasteiger partial charge in [0.2, 0.25) is 0 Å². The summed E-state index contributed by atoms with van der Waals surface area (Å²) < 4.78 is 0. The van der Waals surface area contributed by atoms with Crippen molar-refractivity contribution in [2.45, 2.75) is 72.3 Å². The van der Waals surface area contributed by atoms with Crippen LogP contribution in [0.25, 0.3) is 0 Å². The maximum absolute atomic E-state index is 9.99. The molecule has 2 N–H and O–H groups in total. The summed E-state index contributed by atoms with van der Waals surface area (Å²) in [6.45, 7) is 8.42. The minimum absolute atomic E-state index is 0.0103. The minimum atomic E-state index is -1.14. The first-order chi connectivity index (χ1) is 7.62. The Labute approximate surface area is 99.3 Å². The second kappa shape index (κ2) is 14.2. The van der Waals surface area contributed by atoms with Crippen molar-refractivity contribution in [3.63, 3.8) is 0 Å². The molecular weight excluding hydrogens is 206 g/mol.